The van der Waals surface area contributed by atoms with Gasteiger partial charge in [-0.05, 0) is 44.0 Å². The summed E-state index contributed by atoms with van der Waals surface area (Å²) in [5.41, 5.74) is 0.589. The van der Waals surface area contributed by atoms with Gasteiger partial charge in [-0.2, -0.15) is 0 Å². The molecule has 1 fully saturated rings. The van der Waals surface area contributed by atoms with Crippen molar-refractivity contribution in [3.05, 3.63) is 29.8 Å². The van der Waals surface area contributed by atoms with Crippen LogP contribution in [0.2, 0.25) is 0 Å². The van der Waals surface area contributed by atoms with Crippen molar-refractivity contribution in [2.24, 2.45) is 10.9 Å². The summed E-state index contributed by atoms with van der Waals surface area (Å²) in [6, 6.07) is 6.98. The Hall–Kier alpha value is -2.04. The van der Waals surface area contributed by atoms with Gasteiger partial charge in [0.1, 0.15) is 5.75 Å². The number of nitrogens with one attached hydrogen (secondary N) is 2. The van der Waals surface area contributed by atoms with Gasteiger partial charge in [0, 0.05) is 38.8 Å². The summed E-state index contributed by atoms with van der Waals surface area (Å²) in [6.07, 6.45) is 1.52. The summed E-state index contributed by atoms with van der Waals surface area (Å²) in [7, 11) is 3.32. The van der Waals surface area contributed by atoms with Crippen LogP contribution < -0.4 is 15.4 Å². The van der Waals surface area contributed by atoms with E-state index in [2.05, 4.69) is 20.5 Å². The number of guanidine groups is 1. The molecule has 0 radical (unpaired) electrons. The summed E-state index contributed by atoms with van der Waals surface area (Å²) in [4.78, 5) is 30.4. The van der Waals surface area contributed by atoms with Gasteiger partial charge < -0.3 is 25.0 Å². The van der Waals surface area contributed by atoms with Gasteiger partial charge in [0.25, 0.3) is 5.91 Å². The predicted molar refractivity (Wildman–Crippen MR) is 123 cm³/mol. The van der Waals surface area contributed by atoms with Crippen LogP contribution in [-0.4, -0.2) is 69.7 Å². The summed E-state index contributed by atoms with van der Waals surface area (Å²) in [5, 5.41) is 6.14. The normalized spacial score (nSPS) is 14.6. The second-order valence-corrected chi connectivity index (χ2v) is 6.47. The van der Waals surface area contributed by atoms with Crippen molar-refractivity contribution < 1.29 is 19.1 Å². The van der Waals surface area contributed by atoms with Gasteiger partial charge in [-0.15, -0.1) is 24.0 Å². The minimum absolute atomic E-state index is 0. The summed E-state index contributed by atoms with van der Waals surface area (Å²) in [5.74, 6) is 1.23. The first kappa shape index (κ1) is 25.0. The van der Waals surface area contributed by atoms with E-state index in [-0.39, 0.29) is 41.8 Å². The Kier molecular flexibility index (Phi) is 11.4. The van der Waals surface area contributed by atoms with Crippen molar-refractivity contribution in [3.63, 3.8) is 0 Å². The number of aliphatic imine (C=N–C) groups is 1. The Morgan fingerprint density at radius 1 is 1.14 bits per heavy atom. The van der Waals surface area contributed by atoms with Crippen LogP contribution in [0.15, 0.2) is 29.3 Å². The maximum Gasteiger partial charge on any atom is 0.309 e. The first-order valence-corrected chi connectivity index (χ1v) is 9.63. The molecule has 0 saturated carbocycles. The molecule has 0 aromatic heterocycles. The molecule has 0 unspecified atom stereocenters. The Bertz CT molecular complexity index is 674. The third-order valence-corrected chi connectivity index (χ3v) is 4.67. The van der Waals surface area contributed by atoms with Crippen LogP contribution in [0.5, 0.6) is 5.75 Å². The molecular weight excluding hydrogens is 487 g/mol. The zero-order chi connectivity index (χ0) is 20.4. The van der Waals surface area contributed by atoms with E-state index >= 15 is 0 Å². The highest BCUT2D eigenvalue weighted by Gasteiger charge is 2.27. The lowest BCUT2D eigenvalue weighted by molar-refractivity contribution is -0.149. The fourth-order valence-corrected chi connectivity index (χ4v) is 3.11. The van der Waals surface area contributed by atoms with E-state index in [1.165, 1.54) is 0 Å². The molecule has 1 aliphatic rings. The molecule has 1 saturated heterocycles. The monoisotopic (exact) mass is 518 g/mol. The van der Waals surface area contributed by atoms with Crippen molar-refractivity contribution in [2.75, 3.05) is 46.9 Å². The molecule has 2 N–H and O–H groups in total. The molecule has 1 aromatic carbocycles. The standard InChI is InChI=1S/C20H30N4O4.HI/c1-4-28-19(26)16-9-13-24(14-10-16)20(21-2)23-12-11-22-18(25)15-5-7-17(27-3)8-6-15;/h5-8,16H,4,9-14H2,1-3H3,(H,21,23)(H,22,25);1H. The topological polar surface area (TPSA) is 92.3 Å². The lowest BCUT2D eigenvalue weighted by Gasteiger charge is -2.33. The van der Waals surface area contributed by atoms with Gasteiger partial charge in [-0.25, -0.2) is 0 Å². The largest absolute Gasteiger partial charge is 0.497 e. The number of nitrogens with zero attached hydrogens (tertiary/aromatic N) is 2. The van der Waals surface area contributed by atoms with Crippen molar-refractivity contribution in [1.29, 1.82) is 0 Å². The van der Waals surface area contributed by atoms with Gasteiger partial charge in [0.2, 0.25) is 0 Å². The van der Waals surface area contributed by atoms with E-state index in [0.29, 0.717) is 31.0 Å². The van der Waals surface area contributed by atoms with Crippen LogP contribution in [0.25, 0.3) is 0 Å². The van der Waals surface area contributed by atoms with Gasteiger partial charge in [0.05, 0.1) is 19.6 Å². The fraction of sp³-hybridized carbons (Fsp3) is 0.550. The molecular formula is C20H31IN4O4. The number of benzene rings is 1. The number of carbonyl (C=O) groups is 2. The molecule has 1 aliphatic heterocycles. The SMILES string of the molecule is CCOC(=O)C1CCN(C(=NC)NCCNC(=O)c2ccc(OC)cc2)CC1.I. The zero-order valence-corrected chi connectivity index (χ0v) is 19.6. The number of rotatable bonds is 7. The van der Waals surface area contributed by atoms with Crippen LogP contribution in [0.3, 0.4) is 0 Å². The van der Waals surface area contributed by atoms with Crippen molar-refractivity contribution in [1.82, 2.24) is 15.5 Å². The number of amides is 1. The van der Waals surface area contributed by atoms with Crippen molar-refractivity contribution in [3.8, 4) is 5.75 Å². The summed E-state index contributed by atoms with van der Waals surface area (Å²) in [6.45, 7) is 4.79. The molecule has 9 heteroatoms. The molecule has 0 bridgehead atoms. The van der Waals surface area contributed by atoms with Gasteiger partial charge >= 0.3 is 5.97 Å². The second-order valence-electron chi connectivity index (χ2n) is 6.47. The number of carbonyl (C=O) groups excluding carboxylic acids is 2. The molecule has 0 spiro atoms. The third-order valence-electron chi connectivity index (χ3n) is 4.67. The lowest BCUT2D eigenvalue weighted by Crippen LogP contribution is -2.48. The fourth-order valence-electron chi connectivity index (χ4n) is 3.11. The quantitative estimate of drug-likeness (QED) is 0.188. The molecule has 0 aliphatic carbocycles. The number of hydrogen-bond donors (Lipinski definition) is 2. The average molecular weight is 518 g/mol. The van der Waals surface area contributed by atoms with Crippen LogP contribution >= 0.6 is 24.0 Å². The number of esters is 1. The van der Waals surface area contributed by atoms with E-state index in [1.807, 2.05) is 6.92 Å². The lowest BCUT2D eigenvalue weighted by atomic mass is 9.97. The van der Waals surface area contributed by atoms with E-state index in [4.69, 9.17) is 9.47 Å². The molecule has 0 atom stereocenters. The summed E-state index contributed by atoms with van der Waals surface area (Å²) >= 11 is 0. The van der Waals surface area contributed by atoms with E-state index in [9.17, 15) is 9.59 Å². The number of hydrogen-bond acceptors (Lipinski definition) is 5. The van der Waals surface area contributed by atoms with E-state index in [0.717, 1.165) is 31.9 Å². The Balaban J connectivity index is 0.00000420. The Labute approximate surface area is 189 Å². The highest BCUT2D eigenvalue weighted by molar-refractivity contribution is 14.0. The van der Waals surface area contributed by atoms with Crippen LogP contribution in [0, 0.1) is 5.92 Å². The van der Waals surface area contributed by atoms with Gasteiger partial charge in [0.15, 0.2) is 5.96 Å². The molecule has 1 amide bonds. The van der Waals surface area contributed by atoms with Crippen LogP contribution in [-0.2, 0) is 9.53 Å². The van der Waals surface area contributed by atoms with Gasteiger partial charge in [-0.1, -0.05) is 0 Å². The van der Waals surface area contributed by atoms with Crippen molar-refractivity contribution in [2.45, 2.75) is 19.8 Å². The Morgan fingerprint density at radius 2 is 1.76 bits per heavy atom. The highest BCUT2D eigenvalue weighted by atomic mass is 127. The molecule has 162 valence electrons. The zero-order valence-electron chi connectivity index (χ0n) is 17.3. The predicted octanol–water partition coefficient (Wildman–Crippen LogP) is 1.89. The Morgan fingerprint density at radius 3 is 2.31 bits per heavy atom. The smallest absolute Gasteiger partial charge is 0.309 e. The minimum Gasteiger partial charge on any atom is -0.497 e. The van der Waals surface area contributed by atoms with E-state index in [1.54, 1.807) is 38.4 Å². The number of likely N-dealkylation sites (tertiary alicyclic amines) is 1. The molecule has 2 rings (SSSR count). The first-order chi connectivity index (χ1) is 13.6. The third kappa shape index (κ3) is 7.71. The number of halogens is 1. The molecule has 29 heavy (non-hydrogen) atoms. The number of ether oxygens (including phenoxy) is 2. The number of piperidine rings is 1. The van der Waals surface area contributed by atoms with E-state index < -0.39 is 0 Å². The number of methoxy groups -OCH3 is 1. The van der Waals surface area contributed by atoms with Crippen LogP contribution in [0.4, 0.5) is 0 Å². The van der Waals surface area contributed by atoms with Crippen molar-refractivity contribution >= 4 is 41.8 Å². The maximum absolute atomic E-state index is 12.1. The summed E-state index contributed by atoms with van der Waals surface area (Å²) < 4.78 is 10.2. The minimum atomic E-state index is -0.130. The highest BCUT2D eigenvalue weighted by Crippen LogP contribution is 2.18. The molecule has 1 heterocycles. The first-order valence-electron chi connectivity index (χ1n) is 9.63. The second kappa shape index (κ2) is 13.2. The van der Waals surface area contributed by atoms with Gasteiger partial charge in [-0.3, -0.25) is 14.6 Å². The van der Waals surface area contributed by atoms with Crippen LogP contribution in [0.1, 0.15) is 30.1 Å². The maximum atomic E-state index is 12.1. The molecule has 1 aromatic rings. The average Bonchev–Trinajstić information content (AvgIpc) is 2.74. The molecule has 8 nitrogen and oxygen atoms in total.